The second kappa shape index (κ2) is 11.5. The van der Waals surface area contributed by atoms with Crippen LogP contribution in [-0.2, 0) is 6.54 Å². The number of methoxy groups -OCH3 is 1. The van der Waals surface area contributed by atoms with Crippen molar-refractivity contribution in [2.45, 2.75) is 45.7 Å². The molecule has 1 heterocycles. The van der Waals surface area contributed by atoms with E-state index in [-0.39, 0.29) is 11.9 Å². The van der Waals surface area contributed by atoms with Crippen molar-refractivity contribution in [2.75, 3.05) is 7.11 Å². The van der Waals surface area contributed by atoms with Crippen LogP contribution in [0.4, 0.5) is 0 Å². The molecule has 35 heavy (non-hydrogen) atoms. The molecule has 4 aromatic rings. The molecule has 0 aliphatic heterocycles. The van der Waals surface area contributed by atoms with Gasteiger partial charge in [-0.25, -0.2) is 4.98 Å². The van der Waals surface area contributed by atoms with Crippen LogP contribution < -0.4 is 10.1 Å². The highest BCUT2D eigenvalue weighted by Gasteiger charge is 2.26. The van der Waals surface area contributed by atoms with E-state index < -0.39 is 0 Å². The van der Waals surface area contributed by atoms with Crippen molar-refractivity contribution < 1.29 is 9.53 Å². The molecule has 0 radical (unpaired) electrons. The molecule has 0 bridgehead atoms. The maximum Gasteiger partial charge on any atom is 0.270 e. The molecule has 3 aromatic carbocycles. The molecule has 0 spiro atoms. The van der Waals surface area contributed by atoms with Crippen LogP contribution in [0.1, 0.15) is 55.2 Å². The number of hydrogen-bond acceptors (Lipinski definition) is 3. The summed E-state index contributed by atoms with van der Waals surface area (Å²) in [5.74, 6) is 1.44. The SMILES string of the molecule is CCCCC(NC(=O)c1c(-c2ccc(OC)cc2)nc(-c2ccccc2)n1CC)c1ccccc1. The molecular weight excluding hydrogens is 434 g/mol. The second-order valence-corrected chi connectivity index (χ2v) is 8.55. The van der Waals surface area contributed by atoms with Gasteiger partial charge in [-0.15, -0.1) is 0 Å². The number of imidazole rings is 1. The first-order valence-corrected chi connectivity index (χ1v) is 12.3. The van der Waals surface area contributed by atoms with Gasteiger partial charge in [0.2, 0.25) is 0 Å². The molecule has 0 aliphatic carbocycles. The average Bonchev–Trinajstić information content (AvgIpc) is 3.32. The Labute approximate surface area is 207 Å². The first kappa shape index (κ1) is 24.3. The number of benzene rings is 3. The predicted octanol–water partition coefficient (Wildman–Crippen LogP) is 6.91. The molecular formula is C30H33N3O2. The van der Waals surface area contributed by atoms with E-state index in [0.717, 1.165) is 47.5 Å². The lowest BCUT2D eigenvalue weighted by Crippen LogP contribution is -2.31. The van der Waals surface area contributed by atoms with Crippen molar-refractivity contribution in [1.82, 2.24) is 14.9 Å². The molecule has 0 aliphatic rings. The van der Waals surface area contributed by atoms with Gasteiger partial charge >= 0.3 is 0 Å². The maximum absolute atomic E-state index is 13.9. The van der Waals surface area contributed by atoms with Gasteiger partial charge in [0.25, 0.3) is 5.91 Å². The monoisotopic (exact) mass is 467 g/mol. The zero-order chi connectivity index (χ0) is 24.6. The predicted molar refractivity (Wildman–Crippen MR) is 141 cm³/mol. The lowest BCUT2D eigenvalue weighted by molar-refractivity contribution is 0.0925. The summed E-state index contributed by atoms with van der Waals surface area (Å²) in [5.41, 5.74) is 4.23. The number of amides is 1. The number of carbonyl (C=O) groups excluding carboxylic acids is 1. The van der Waals surface area contributed by atoms with Crippen LogP contribution in [0.5, 0.6) is 5.75 Å². The van der Waals surface area contributed by atoms with Crippen molar-refractivity contribution in [3.05, 3.63) is 96.2 Å². The number of unbranched alkanes of at least 4 members (excludes halogenated alkanes) is 1. The van der Waals surface area contributed by atoms with E-state index in [0.29, 0.717) is 17.9 Å². The second-order valence-electron chi connectivity index (χ2n) is 8.55. The van der Waals surface area contributed by atoms with Gasteiger partial charge in [-0.2, -0.15) is 0 Å². The summed E-state index contributed by atoms with van der Waals surface area (Å²) in [6, 6.07) is 27.9. The number of ether oxygens (including phenoxy) is 1. The molecule has 1 unspecified atom stereocenters. The Balaban J connectivity index is 1.80. The molecule has 1 atom stereocenters. The third kappa shape index (κ3) is 5.46. The summed E-state index contributed by atoms with van der Waals surface area (Å²) >= 11 is 0. The fourth-order valence-electron chi connectivity index (χ4n) is 4.39. The fraction of sp³-hybridized carbons (Fsp3) is 0.267. The van der Waals surface area contributed by atoms with Gasteiger partial charge in [0.1, 0.15) is 23.0 Å². The zero-order valence-corrected chi connectivity index (χ0v) is 20.7. The van der Waals surface area contributed by atoms with Crippen molar-refractivity contribution in [1.29, 1.82) is 0 Å². The minimum atomic E-state index is -0.114. The summed E-state index contributed by atoms with van der Waals surface area (Å²) in [6.07, 6.45) is 2.99. The topological polar surface area (TPSA) is 56.1 Å². The van der Waals surface area contributed by atoms with Crippen molar-refractivity contribution in [2.24, 2.45) is 0 Å². The normalized spacial score (nSPS) is 11.7. The minimum absolute atomic E-state index is 0.0623. The number of nitrogens with one attached hydrogen (secondary N) is 1. The van der Waals surface area contributed by atoms with E-state index in [1.807, 2.05) is 77.4 Å². The molecule has 4 rings (SSSR count). The van der Waals surface area contributed by atoms with Crippen molar-refractivity contribution >= 4 is 5.91 Å². The standard InChI is InChI=1S/C30H33N3O2/c1-4-6-17-26(22-13-9-7-10-14-22)31-30(34)28-27(23-18-20-25(35-3)21-19-23)32-29(33(28)5-2)24-15-11-8-12-16-24/h7-16,18-21,26H,4-6,17H2,1-3H3,(H,31,34). The Hall–Kier alpha value is -3.86. The lowest BCUT2D eigenvalue weighted by atomic mass is 10.0. The van der Waals surface area contributed by atoms with E-state index >= 15 is 0 Å². The van der Waals surface area contributed by atoms with E-state index in [9.17, 15) is 4.79 Å². The molecule has 0 saturated carbocycles. The molecule has 5 heteroatoms. The number of nitrogens with zero attached hydrogens (tertiary/aromatic N) is 2. The van der Waals surface area contributed by atoms with Crippen LogP contribution in [0.15, 0.2) is 84.9 Å². The van der Waals surface area contributed by atoms with Crippen LogP contribution in [-0.4, -0.2) is 22.6 Å². The summed E-state index contributed by atoms with van der Waals surface area (Å²) in [7, 11) is 1.65. The number of rotatable bonds is 10. The quantitative estimate of drug-likeness (QED) is 0.276. The van der Waals surface area contributed by atoms with Gasteiger partial charge in [0.15, 0.2) is 0 Å². The van der Waals surface area contributed by atoms with Crippen LogP contribution >= 0.6 is 0 Å². The van der Waals surface area contributed by atoms with E-state index in [2.05, 4.69) is 31.3 Å². The summed E-state index contributed by atoms with van der Waals surface area (Å²) in [4.78, 5) is 18.9. The molecule has 1 N–H and O–H groups in total. The van der Waals surface area contributed by atoms with Crippen LogP contribution in [0.2, 0.25) is 0 Å². The zero-order valence-electron chi connectivity index (χ0n) is 20.7. The van der Waals surface area contributed by atoms with E-state index in [1.165, 1.54) is 0 Å². The highest BCUT2D eigenvalue weighted by molar-refractivity contribution is 5.99. The van der Waals surface area contributed by atoms with E-state index in [4.69, 9.17) is 9.72 Å². The number of hydrogen-bond donors (Lipinski definition) is 1. The van der Waals surface area contributed by atoms with Gasteiger partial charge in [0.05, 0.1) is 13.2 Å². The Kier molecular flexibility index (Phi) is 7.99. The van der Waals surface area contributed by atoms with Gasteiger partial charge in [-0.05, 0) is 43.2 Å². The summed E-state index contributed by atoms with van der Waals surface area (Å²) < 4.78 is 7.36. The molecule has 0 fully saturated rings. The van der Waals surface area contributed by atoms with Crippen LogP contribution in [0.25, 0.3) is 22.6 Å². The van der Waals surface area contributed by atoms with Gasteiger partial charge < -0.3 is 14.6 Å². The molecule has 5 nitrogen and oxygen atoms in total. The van der Waals surface area contributed by atoms with Crippen molar-refractivity contribution in [3.63, 3.8) is 0 Å². The largest absolute Gasteiger partial charge is 0.497 e. The minimum Gasteiger partial charge on any atom is -0.497 e. The van der Waals surface area contributed by atoms with Crippen LogP contribution in [0, 0.1) is 0 Å². The number of carbonyl (C=O) groups is 1. The third-order valence-electron chi connectivity index (χ3n) is 6.25. The maximum atomic E-state index is 13.9. The summed E-state index contributed by atoms with van der Waals surface area (Å²) in [6.45, 7) is 4.85. The highest BCUT2D eigenvalue weighted by atomic mass is 16.5. The molecule has 0 saturated heterocycles. The van der Waals surface area contributed by atoms with Gasteiger partial charge in [0, 0.05) is 17.7 Å². The average molecular weight is 468 g/mol. The Morgan fingerprint density at radius 2 is 1.57 bits per heavy atom. The first-order chi connectivity index (χ1) is 17.2. The van der Waals surface area contributed by atoms with Gasteiger partial charge in [-0.3, -0.25) is 4.79 Å². The molecule has 180 valence electrons. The Morgan fingerprint density at radius 1 is 0.914 bits per heavy atom. The lowest BCUT2D eigenvalue weighted by Gasteiger charge is -2.20. The fourth-order valence-corrected chi connectivity index (χ4v) is 4.39. The first-order valence-electron chi connectivity index (χ1n) is 12.3. The van der Waals surface area contributed by atoms with Crippen molar-refractivity contribution in [3.8, 4) is 28.4 Å². The molecule has 1 aromatic heterocycles. The third-order valence-corrected chi connectivity index (χ3v) is 6.25. The molecule has 1 amide bonds. The summed E-state index contributed by atoms with van der Waals surface area (Å²) in [5, 5.41) is 3.33. The smallest absolute Gasteiger partial charge is 0.270 e. The van der Waals surface area contributed by atoms with E-state index in [1.54, 1.807) is 7.11 Å². The number of aromatic nitrogens is 2. The van der Waals surface area contributed by atoms with Gasteiger partial charge in [-0.1, -0.05) is 80.4 Å². The Bertz CT molecular complexity index is 1230. The highest BCUT2D eigenvalue weighted by Crippen LogP contribution is 2.31. The van der Waals surface area contributed by atoms with Crippen LogP contribution in [0.3, 0.4) is 0 Å². The Morgan fingerprint density at radius 3 is 2.17 bits per heavy atom.